The van der Waals surface area contributed by atoms with E-state index in [0.29, 0.717) is 6.42 Å². The van der Waals surface area contributed by atoms with Crippen LogP contribution < -0.4 is 10.2 Å². The van der Waals surface area contributed by atoms with Gasteiger partial charge in [-0.05, 0) is 30.3 Å². The van der Waals surface area contributed by atoms with E-state index in [0.717, 1.165) is 17.1 Å². The Hall–Kier alpha value is -1.19. The Balaban J connectivity index is 2.09. The third-order valence-corrected chi connectivity index (χ3v) is 3.73. The fraction of sp³-hybridized carbons (Fsp3) is 0.357. The lowest BCUT2D eigenvalue weighted by Gasteiger charge is -2.21. The summed E-state index contributed by atoms with van der Waals surface area (Å²) in [6.45, 7) is 0. The number of carbonyl (C=O) groups is 1. The standard InChI is InChI=1S/C14H16Cl2N2O/c1-18(2)11-5-3-9(4-6-11)17-10-7-12(15)14(19)13(16)8-10/h3-7,12-13,17H,8H2,1-2H3. The van der Waals surface area contributed by atoms with E-state index in [1.807, 2.05) is 43.3 Å². The average molecular weight is 299 g/mol. The van der Waals surface area contributed by atoms with Gasteiger partial charge in [0.15, 0.2) is 5.78 Å². The molecule has 0 aliphatic heterocycles. The van der Waals surface area contributed by atoms with Crippen LogP contribution >= 0.6 is 23.2 Å². The molecule has 0 amide bonds. The van der Waals surface area contributed by atoms with Gasteiger partial charge in [0.2, 0.25) is 0 Å². The highest BCUT2D eigenvalue weighted by Gasteiger charge is 2.28. The van der Waals surface area contributed by atoms with Crippen LogP contribution in [0.5, 0.6) is 0 Å². The van der Waals surface area contributed by atoms with Crippen LogP contribution in [0.15, 0.2) is 36.0 Å². The maximum atomic E-state index is 11.5. The normalized spacial score (nSPS) is 22.9. The van der Waals surface area contributed by atoms with E-state index in [1.54, 1.807) is 6.08 Å². The Morgan fingerprint density at radius 3 is 2.37 bits per heavy atom. The molecule has 1 N–H and O–H groups in total. The van der Waals surface area contributed by atoms with Gasteiger partial charge >= 0.3 is 0 Å². The van der Waals surface area contributed by atoms with E-state index < -0.39 is 10.8 Å². The monoisotopic (exact) mass is 298 g/mol. The smallest absolute Gasteiger partial charge is 0.172 e. The number of nitrogens with one attached hydrogen (secondary N) is 1. The molecule has 0 saturated carbocycles. The van der Waals surface area contributed by atoms with Crippen LogP contribution in [-0.4, -0.2) is 30.6 Å². The molecule has 2 atom stereocenters. The van der Waals surface area contributed by atoms with E-state index in [4.69, 9.17) is 23.2 Å². The molecule has 2 rings (SSSR count). The maximum Gasteiger partial charge on any atom is 0.172 e. The molecule has 1 aromatic rings. The molecule has 1 aliphatic carbocycles. The second kappa shape index (κ2) is 5.85. The van der Waals surface area contributed by atoms with Crippen molar-refractivity contribution in [1.82, 2.24) is 0 Å². The summed E-state index contributed by atoms with van der Waals surface area (Å²) in [6.07, 6.45) is 2.21. The van der Waals surface area contributed by atoms with Gasteiger partial charge in [-0.3, -0.25) is 4.79 Å². The molecule has 5 heteroatoms. The van der Waals surface area contributed by atoms with Crippen molar-refractivity contribution in [1.29, 1.82) is 0 Å². The zero-order chi connectivity index (χ0) is 14.0. The Labute approximate surface area is 123 Å². The molecule has 0 radical (unpaired) electrons. The highest BCUT2D eigenvalue weighted by molar-refractivity contribution is 6.41. The van der Waals surface area contributed by atoms with Gasteiger partial charge in [0.25, 0.3) is 0 Å². The third kappa shape index (κ3) is 3.43. The van der Waals surface area contributed by atoms with Crippen LogP contribution in [0.4, 0.5) is 11.4 Å². The van der Waals surface area contributed by atoms with Gasteiger partial charge in [-0.2, -0.15) is 0 Å². The zero-order valence-corrected chi connectivity index (χ0v) is 12.4. The molecule has 1 aromatic carbocycles. The number of ketones is 1. The van der Waals surface area contributed by atoms with Crippen molar-refractivity contribution < 1.29 is 4.79 Å². The lowest BCUT2D eigenvalue weighted by molar-refractivity contribution is -0.117. The summed E-state index contributed by atoms with van der Waals surface area (Å²) in [7, 11) is 3.99. The number of carbonyl (C=O) groups excluding carboxylic acids is 1. The molecule has 0 spiro atoms. The molecule has 0 aromatic heterocycles. The van der Waals surface area contributed by atoms with Gasteiger partial charge < -0.3 is 10.2 Å². The van der Waals surface area contributed by atoms with Crippen molar-refractivity contribution in [2.75, 3.05) is 24.3 Å². The van der Waals surface area contributed by atoms with Gasteiger partial charge in [-0.25, -0.2) is 0 Å². The van der Waals surface area contributed by atoms with Gasteiger partial charge in [0.05, 0.1) is 5.38 Å². The molecule has 3 nitrogen and oxygen atoms in total. The quantitative estimate of drug-likeness (QED) is 0.870. The van der Waals surface area contributed by atoms with Crippen LogP contribution in [0.3, 0.4) is 0 Å². The summed E-state index contributed by atoms with van der Waals surface area (Å²) in [5, 5.41) is 2.07. The highest BCUT2D eigenvalue weighted by atomic mass is 35.5. The first-order valence-corrected chi connectivity index (χ1v) is 6.91. The Kier molecular flexibility index (Phi) is 4.38. The number of Topliss-reactive ketones (excluding diaryl/α,β-unsaturated/α-hetero) is 1. The fourth-order valence-electron chi connectivity index (χ4n) is 1.91. The Bertz CT molecular complexity index is 497. The fourth-order valence-corrected chi connectivity index (χ4v) is 2.58. The minimum Gasteiger partial charge on any atom is -0.378 e. The van der Waals surface area contributed by atoms with Crippen molar-refractivity contribution in [2.45, 2.75) is 17.2 Å². The predicted molar refractivity (Wildman–Crippen MR) is 81.4 cm³/mol. The lowest BCUT2D eigenvalue weighted by Crippen LogP contribution is -2.30. The van der Waals surface area contributed by atoms with E-state index >= 15 is 0 Å². The largest absolute Gasteiger partial charge is 0.378 e. The van der Waals surface area contributed by atoms with Crippen molar-refractivity contribution in [3.63, 3.8) is 0 Å². The molecule has 2 unspecified atom stereocenters. The molecule has 0 saturated heterocycles. The molecule has 0 bridgehead atoms. The van der Waals surface area contributed by atoms with Crippen LogP contribution in [-0.2, 0) is 4.79 Å². The topological polar surface area (TPSA) is 32.3 Å². The minimum atomic E-state index is -0.639. The zero-order valence-electron chi connectivity index (χ0n) is 10.9. The molecule has 0 fully saturated rings. The summed E-state index contributed by atoms with van der Waals surface area (Å²) in [6, 6.07) is 8.01. The van der Waals surface area contributed by atoms with Gasteiger partial charge in [-0.1, -0.05) is 0 Å². The van der Waals surface area contributed by atoms with E-state index in [-0.39, 0.29) is 5.78 Å². The van der Waals surface area contributed by atoms with Crippen molar-refractivity contribution in [2.24, 2.45) is 0 Å². The first kappa shape index (κ1) is 14.2. The second-order valence-corrected chi connectivity index (χ2v) is 5.73. The maximum absolute atomic E-state index is 11.5. The van der Waals surface area contributed by atoms with Crippen molar-refractivity contribution in [3.05, 3.63) is 36.0 Å². The molecular formula is C14H16Cl2N2O. The number of anilines is 2. The highest BCUT2D eigenvalue weighted by Crippen LogP contribution is 2.25. The number of hydrogen-bond donors (Lipinski definition) is 1. The van der Waals surface area contributed by atoms with Crippen LogP contribution in [0, 0.1) is 0 Å². The van der Waals surface area contributed by atoms with Crippen LogP contribution in [0.2, 0.25) is 0 Å². The number of halogens is 2. The van der Waals surface area contributed by atoms with E-state index in [1.165, 1.54) is 0 Å². The molecule has 0 heterocycles. The van der Waals surface area contributed by atoms with Crippen molar-refractivity contribution >= 4 is 40.4 Å². The van der Waals surface area contributed by atoms with Crippen molar-refractivity contribution in [3.8, 4) is 0 Å². The predicted octanol–water partition coefficient (Wildman–Crippen LogP) is 3.24. The van der Waals surface area contributed by atoms with Gasteiger partial charge in [-0.15, -0.1) is 23.2 Å². The Morgan fingerprint density at radius 1 is 1.21 bits per heavy atom. The number of benzene rings is 1. The molecule has 1 aliphatic rings. The lowest BCUT2D eigenvalue weighted by atomic mass is 10.0. The van der Waals surface area contributed by atoms with Crippen LogP contribution in [0.1, 0.15) is 6.42 Å². The summed E-state index contributed by atoms with van der Waals surface area (Å²) in [5.74, 6) is -0.128. The first-order valence-electron chi connectivity index (χ1n) is 6.04. The molecular weight excluding hydrogens is 283 g/mol. The first-order chi connectivity index (χ1) is 8.97. The van der Waals surface area contributed by atoms with E-state index in [9.17, 15) is 4.79 Å². The number of allylic oxidation sites excluding steroid dienone is 2. The van der Waals surface area contributed by atoms with Crippen LogP contribution in [0.25, 0.3) is 0 Å². The number of rotatable bonds is 3. The summed E-state index contributed by atoms with van der Waals surface area (Å²) in [4.78, 5) is 13.5. The minimum absolute atomic E-state index is 0.128. The number of hydrogen-bond acceptors (Lipinski definition) is 3. The third-order valence-electron chi connectivity index (χ3n) is 3.02. The second-order valence-electron chi connectivity index (χ2n) is 4.73. The molecule has 19 heavy (non-hydrogen) atoms. The number of nitrogens with zero attached hydrogens (tertiary/aromatic N) is 1. The van der Waals surface area contributed by atoms with E-state index in [2.05, 4.69) is 5.32 Å². The summed E-state index contributed by atoms with van der Waals surface area (Å²) < 4.78 is 0. The van der Waals surface area contributed by atoms with Gasteiger partial charge in [0.1, 0.15) is 5.38 Å². The Morgan fingerprint density at radius 2 is 1.84 bits per heavy atom. The average Bonchev–Trinajstić information content (AvgIpc) is 2.36. The number of alkyl halides is 2. The summed E-state index contributed by atoms with van der Waals surface area (Å²) in [5.41, 5.74) is 2.97. The molecule has 102 valence electrons. The van der Waals surface area contributed by atoms with Gasteiger partial charge in [0, 0.05) is 37.6 Å². The SMILES string of the molecule is CN(C)c1ccc(NC2=CC(Cl)C(=O)C(Cl)C2)cc1. The summed E-state index contributed by atoms with van der Waals surface area (Å²) >= 11 is 11.9.